The summed E-state index contributed by atoms with van der Waals surface area (Å²) >= 11 is 0. The van der Waals surface area contributed by atoms with Gasteiger partial charge in [0, 0.05) is 56.4 Å². The first-order valence-corrected chi connectivity index (χ1v) is 8.82. The van der Waals surface area contributed by atoms with Crippen molar-refractivity contribution in [2.45, 2.75) is 4.90 Å². The molecule has 8 nitrogen and oxygen atoms in total. The molecule has 0 N–H and O–H groups in total. The molecule has 1 aromatic heterocycles. The molecule has 3 rings (SSSR count). The number of rotatable bonds is 4. The molecule has 126 valence electrons. The Hall–Kier alpha value is -2.52. The van der Waals surface area contributed by atoms with Gasteiger partial charge < -0.3 is 4.90 Å². The van der Waals surface area contributed by atoms with Gasteiger partial charge >= 0.3 is 0 Å². The summed E-state index contributed by atoms with van der Waals surface area (Å²) in [5, 5.41) is 10.8. The average Bonchev–Trinajstić information content (AvgIpc) is 2.62. The Labute approximate surface area is 139 Å². The van der Waals surface area contributed by atoms with E-state index in [1.165, 1.54) is 22.5 Å². The van der Waals surface area contributed by atoms with Gasteiger partial charge in [-0.25, -0.2) is 8.42 Å². The monoisotopic (exact) mass is 348 g/mol. The Balaban J connectivity index is 1.75. The van der Waals surface area contributed by atoms with Crippen molar-refractivity contribution >= 4 is 21.4 Å². The van der Waals surface area contributed by atoms with Crippen molar-refractivity contribution in [3.8, 4) is 0 Å². The number of nitro benzene ring substituents is 1. The first-order chi connectivity index (χ1) is 11.5. The lowest BCUT2D eigenvalue weighted by molar-refractivity contribution is -0.385. The van der Waals surface area contributed by atoms with Crippen molar-refractivity contribution in [2.75, 3.05) is 31.1 Å². The average molecular weight is 348 g/mol. The lowest BCUT2D eigenvalue weighted by Gasteiger charge is -2.35. The van der Waals surface area contributed by atoms with Gasteiger partial charge in [0.1, 0.15) is 0 Å². The summed E-state index contributed by atoms with van der Waals surface area (Å²) in [5.41, 5.74) is 0.767. The molecule has 1 fully saturated rings. The van der Waals surface area contributed by atoms with E-state index in [4.69, 9.17) is 0 Å². The van der Waals surface area contributed by atoms with Crippen molar-refractivity contribution < 1.29 is 13.3 Å². The van der Waals surface area contributed by atoms with Gasteiger partial charge in [-0.15, -0.1) is 0 Å². The van der Waals surface area contributed by atoms with Crippen LogP contribution in [0.5, 0.6) is 0 Å². The highest BCUT2D eigenvalue weighted by molar-refractivity contribution is 7.89. The van der Waals surface area contributed by atoms with Crippen LogP contribution < -0.4 is 4.90 Å². The van der Waals surface area contributed by atoms with Crippen LogP contribution in [0, 0.1) is 10.1 Å². The minimum atomic E-state index is -3.73. The number of non-ortho nitro benzene ring substituents is 1. The van der Waals surface area contributed by atoms with E-state index in [0.717, 1.165) is 11.8 Å². The van der Waals surface area contributed by atoms with Crippen molar-refractivity contribution in [3.05, 3.63) is 58.9 Å². The maximum absolute atomic E-state index is 12.7. The fourth-order valence-electron chi connectivity index (χ4n) is 2.65. The number of aromatic nitrogens is 1. The lowest BCUT2D eigenvalue weighted by Crippen LogP contribution is -2.48. The van der Waals surface area contributed by atoms with Gasteiger partial charge in [-0.05, 0) is 18.2 Å². The molecule has 0 spiro atoms. The molecule has 0 amide bonds. The topological polar surface area (TPSA) is 96.6 Å². The minimum absolute atomic E-state index is 0.0472. The molecular weight excluding hydrogens is 332 g/mol. The SMILES string of the molecule is O=[N+]([O-])c1cccc(S(=O)(=O)N2CCN(c3ccncc3)CC2)c1. The third kappa shape index (κ3) is 3.22. The minimum Gasteiger partial charge on any atom is -0.369 e. The van der Waals surface area contributed by atoms with Crippen LogP contribution in [0.3, 0.4) is 0 Å². The van der Waals surface area contributed by atoms with Crippen LogP contribution in [0.2, 0.25) is 0 Å². The number of hydrogen-bond donors (Lipinski definition) is 0. The quantitative estimate of drug-likeness (QED) is 0.614. The van der Waals surface area contributed by atoms with Gasteiger partial charge in [0.15, 0.2) is 0 Å². The van der Waals surface area contributed by atoms with Gasteiger partial charge in [-0.3, -0.25) is 15.1 Å². The third-order valence-electron chi connectivity index (χ3n) is 3.93. The van der Waals surface area contributed by atoms with E-state index in [-0.39, 0.29) is 10.6 Å². The molecule has 0 aliphatic carbocycles. The lowest BCUT2D eigenvalue weighted by atomic mass is 10.3. The highest BCUT2D eigenvalue weighted by atomic mass is 32.2. The predicted octanol–water partition coefficient (Wildman–Crippen LogP) is 1.50. The van der Waals surface area contributed by atoms with Crippen molar-refractivity contribution in [1.29, 1.82) is 0 Å². The maximum Gasteiger partial charge on any atom is 0.270 e. The Kier molecular flexibility index (Phi) is 4.45. The zero-order valence-electron chi connectivity index (χ0n) is 12.8. The smallest absolute Gasteiger partial charge is 0.270 e. The molecule has 24 heavy (non-hydrogen) atoms. The van der Waals surface area contributed by atoms with Gasteiger partial charge in [0.2, 0.25) is 10.0 Å². The van der Waals surface area contributed by atoms with Crippen molar-refractivity contribution in [3.63, 3.8) is 0 Å². The summed E-state index contributed by atoms with van der Waals surface area (Å²) < 4.78 is 26.7. The molecule has 2 aromatic rings. The Morgan fingerprint density at radius 3 is 2.33 bits per heavy atom. The second-order valence-corrected chi connectivity index (χ2v) is 7.29. The molecule has 0 radical (unpaired) electrons. The normalized spacial score (nSPS) is 16.1. The van der Waals surface area contributed by atoms with E-state index in [0.29, 0.717) is 26.2 Å². The summed E-state index contributed by atoms with van der Waals surface area (Å²) in [4.78, 5) is 16.3. The molecule has 2 heterocycles. The van der Waals surface area contributed by atoms with E-state index in [2.05, 4.69) is 9.88 Å². The highest BCUT2D eigenvalue weighted by Crippen LogP contribution is 2.23. The molecule has 1 aliphatic heterocycles. The number of anilines is 1. The fourth-order valence-corrected chi connectivity index (χ4v) is 4.11. The summed E-state index contributed by atoms with van der Waals surface area (Å²) in [7, 11) is -3.73. The zero-order valence-corrected chi connectivity index (χ0v) is 13.6. The van der Waals surface area contributed by atoms with Gasteiger partial charge in [-0.1, -0.05) is 6.07 Å². The number of pyridine rings is 1. The largest absolute Gasteiger partial charge is 0.369 e. The van der Waals surface area contributed by atoms with Crippen molar-refractivity contribution in [2.24, 2.45) is 0 Å². The summed E-state index contributed by atoms with van der Waals surface area (Å²) in [5.74, 6) is 0. The van der Waals surface area contributed by atoms with Gasteiger partial charge in [-0.2, -0.15) is 4.31 Å². The standard InChI is InChI=1S/C15H16N4O4S/c20-19(21)14-2-1-3-15(12-14)24(22,23)18-10-8-17(9-11-18)13-4-6-16-7-5-13/h1-7,12H,8-11H2. The summed E-state index contributed by atoms with van der Waals surface area (Å²) in [6.45, 7) is 1.76. The van der Waals surface area contributed by atoms with E-state index in [1.54, 1.807) is 12.4 Å². The number of sulfonamides is 1. The van der Waals surface area contributed by atoms with Crippen LogP contribution in [-0.2, 0) is 10.0 Å². The Morgan fingerprint density at radius 2 is 1.71 bits per heavy atom. The van der Waals surface area contributed by atoms with Crippen LogP contribution in [0.25, 0.3) is 0 Å². The molecule has 1 aliphatic rings. The molecule has 0 atom stereocenters. The van der Waals surface area contributed by atoms with E-state index >= 15 is 0 Å². The molecule has 0 unspecified atom stereocenters. The summed E-state index contributed by atoms with van der Waals surface area (Å²) in [6.07, 6.45) is 3.39. The zero-order chi connectivity index (χ0) is 17.2. The number of benzene rings is 1. The van der Waals surface area contributed by atoms with Crippen LogP contribution in [0.4, 0.5) is 11.4 Å². The second-order valence-electron chi connectivity index (χ2n) is 5.35. The van der Waals surface area contributed by atoms with Crippen LogP contribution >= 0.6 is 0 Å². The number of hydrogen-bond acceptors (Lipinski definition) is 6. The van der Waals surface area contributed by atoms with E-state index in [9.17, 15) is 18.5 Å². The Morgan fingerprint density at radius 1 is 1.04 bits per heavy atom. The second kappa shape index (κ2) is 6.54. The Bertz CT molecular complexity index is 834. The number of piperazine rings is 1. The van der Waals surface area contributed by atoms with Crippen LogP contribution in [0.1, 0.15) is 0 Å². The van der Waals surface area contributed by atoms with E-state index < -0.39 is 14.9 Å². The van der Waals surface area contributed by atoms with Crippen LogP contribution in [-0.4, -0.2) is 48.8 Å². The maximum atomic E-state index is 12.7. The number of nitro groups is 1. The number of nitrogens with zero attached hydrogens (tertiary/aromatic N) is 4. The fraction of sp³-hybridized carbons (Fsp3) is 0.267. The summed E-state index contributed by atoms with van der Waals surface area (Å²) in [6, 6.07) is 8.91. The third-order valence-corrected chi connectivity index (χ3v) is 5.83. The first-order valence-electron chi connectivity index (χ1n) is 7.38. The van der Waals surface area contributed by atoms with E-state index in [1.807, 2.05) is 12.1 Å². The molecule has 1 saturated heterocycles. The highest BCUT2D eigenvalue weighted by Gasteiger charge is 2.29. The predicted molar refractivity (Wildman–Crippen MR) is 88.3 cm³/mol. The first kappa shape index (κ1) is 16.3. The molecular formula is C15H16N4O4S. The molecule has 0 saturated carbocycles. The molecule has 1 aromatic carbocycles. The molecule has 0 bridgehead atoms. The molecule has 9 heteroatoms. The van der Waals surface area contributed by atoms with Gasteiger partial charge in [0.05, 0.1) is 9.82 Å². The van der Waals surface area contributed by atoms with Crippen molar-refractivity contribution in [1.82, 2.24) is 9.29 Å². The van der Waals surface area contributed by atoms with Gasteiger partial charge in [0.25, 0.3) is 5.69 Å². The van der Waals surface area contributed by atoms with Crippen LogP contribution in [0.15, 0.2) is 53.7 Å².